The number of aromatic nitrogens is 1. The molecule has 6 heteroatoms. The van der Waals surface area contributed by atoms with Gasteiger partial charge in [0.2, 0.25) is 0 Å². The van der Waals surface area contributed by atoms with Gasteiger partial charge in [-0.25, -0.2) is 13.6 Å². The lowest BCUT2D eigenvalue weighted by atomic mass is 10.2. The average Bonchev–Trinajstić information content (AvgIpc) is 2.15. The molecule has 0 radical (unpaired) electrons. The van der Waals surface area contributed by atoms with Crippen LogP contribution in [-0.2, 0) is 11.1 Å². The van der Waals surface area contributed by atoms with Crippen LogP contribution in [0.4, 0.5) is 4.39 Å². The van der Waals surface area contributed by atoms with E-state index >= 15 is 0 Å². The largest absolute Gasteiger partial charge is 0.302 e. The summed E-state index contributed by atoms with van der Waals surface area (Å²) in [7, 11) is 0. The van der Waals surface area contributed by atoms with Crippen LogP contribution in [0.15, 0.2) is 29.2 Å². The third-order valence-corrected chi connectivity index (χ3v) is 2.80. The maximum absolute atomic E-state index is 13.3. The van der Waals surface area contributed by atoms with Gasteiger partial charge in [0, 0.05) is 11.5 Å². The Morgan fingerprint density at radius 3 is 2.80 bits per heavy atom. The highest BCUT2D eigenvalue weighted by atomic mass is 35.5. The van der Waals surface area contributed by atoms with Crippen LogP contribution < -0.4 is 0 Å². The van der Waals surface area contributed by atoms with E-state index in [0.29, 0.717) is 10.9 Å². The van der Waals surface area contributed by atoms with Crippen LogP contribution in [0.2, 0.25) is 5.15 Å². The Hall–Kier alpha value is -1.04. The summed E-state index contributed by atoms with van der Waals surface area (Å²) in [4.78, 5) is 3.62. The number of pyridine rings is 1. The zero-order valence-electron chi connectivity index (χ0n) is 7.28. The molecule has 0 spiro atoms. The van der Waals surface area contributed by atoms with Gasteiger partial charge in [-0.05, 0) is 18.2 Å². The standard InChI is InChI=1S/C9H5ClFNO2S/c10-9-2-1-5-3-8(15(13)14)6(11)4-7(5)12-9/h1-4H,(H,13,14). The summed E-state index contributed by atoms with van der Waals surface area (Å²) in [6, 6.07) is 5.51. The second-order valence-electron chi connectivity index (χ2n) is 2.86. The third-order valence-electron chi connectivity index (χ3n) is 1.90. The van der Waals surface area contributed by atoms with Crippen molar-refractivity contribution in [1.82, 2.24) is 4.98 Å². The molecule has 0 aliphatic heterocycles. The molecule has 2 aromatic rings. The molecule has 1 heterocycles. The van der Waals surface area contributed by atoms with E-state index in [4.69, 9.17) is 16.2 Å². The Balaban J connectivity index is 2.76. The summed E-state index contributed by atoms with van der Waals surface area (Å²) < 4.78 is 32.8. The van der Waals surface area contributed by atoms with E-state index in [0.717, 1.165) is 6.07 Å². The van der Waals surface area contributed by atoms with E-state index in [-0.39, 0.29) is 10.0 Å². The van der Waals surface area contributed by atoms with Crippen molar-refractivity contribution in [2.24, 2.45) is 0 Å². The van der Waals surface area contributed by atoms with Gasteiger partial charge in [-0.1, -0.05) is 11.6 Å². The minimum absolute atomic E-state index is 0.250. The number of halogens is 2. The van der Waals surface area contributed by atoms with E-state index in [1.165, 1.54) is 12.1 Å². The van der Waals surface area contributed by atoms with Gasteiger partial charge in [0.25, 0.3) is 0 Å². The van der Waals surface area contributed by atoms with Gasteiger partial charge in [-0.3, -0.25) is 0 Å². The molecule has 0 aliphatic carbocycles. The predicted octanol–water partition coefficient (Wildman–Crippen LogP) is 2.61. The van der Waals surface area contributed by atoms with E-state index in [9.17, 15) is 8.60 Å². The lowest BCUT2D eigenvalue weighted by Gasteiger charge is -2.01. The van der Waals surface area contributed by atoms with Gasteiger partial charge in [0.1, 0.15) is 15.9 Å². The quantitative estimate of drug-likeness (QED) is 0.621. The average molecular weight is 246 g/mol. The molecule has 1 aromatic carbocycles. The smallest absolute Gasteiger partial charge is 0.189 e. The van der Waals surface area contributed by atoms with E-state index in [1.54, 1.807) is 6.07 Å². The summed E-state index contributed by atoms with van der Waals surface area (Å²) >= 11 is 3.29. The molecule has 0 amide bonds. The van der Waals surface area contributed by atoms with Crippen LogP contribution in [0.3, 0.4) is 0 Å². The maximum atomic E-state index is 13.3. The molecule has 15 heavy (non-hydrogen) atoms. The normalized spacial score (nSPS) is 13.0. The molecule has 78 valence electrons. The van der Waals surface area contributed by atoms with Gasteiger partial charge in [0.15, 0.2) is 11.1 Å². The highest BCUT2D eigenvalue weighted by Crippen LogP contribution is 2.21. The first kappa shape index (κ1) is 10.5. The number of nitrogens with zero attached hydrogens (tertiary/aromatic N) is 1. The molecule has 0 saturated heterocycles. The second kappa shape index (κ2) is 3.84. The molecule has 1 N–H and O–H groups in total. The first-order chi connectivity index (χ1) is 7.08. The summed E-state index contributed by atoms with van der Waals surface area (Å²) in [6.45, 7) is 0. The summed E-state index contributed by atoms with van der Waals surface area (Å²) in [5.41, 5.74) is 0.356. The SMILES string of the molecule is O=S(O)c1cc2ccc(Cl)nc2cc1F. The molecule has 0 saturated carbocycles. The minimum Gasteiger partial charge on any atom is -0.302 e. The summed E-state index contributed by atoms with van der Waals surface area (Å²) in [5, 5.41) is 0.818. The Kier molecular flexibility index (Phi) is 2.68. The number of rotatable bonds is 1. The second-order valence-corrected chi connectivity index (χ2v) is 4.18. The molecular weight excluding hydrogens is 241 g/mol. The van der Waals surface area contributed by atoms with Crippen molar-refractivity contribution >= 4 is 33.6 Å². The topological polar surface area (TPSA) is 50.2 Å². The first-order valence-electron chi connectivity index (χ1n) is 3.94. The zero-order valence-corrected chi connectivity index (χ0v) is 8.85. The molecule has 2 rings (SSSR count). The molecule has 1 aromatic heterocycles. The molecule has 1 atom stereocenters. The van der Waals surface area contributed by atoms with Crippen molar-refractivity contribution in [2.45, 2.75) is 4.90 Å². The first-order valence-corrected chi connectivity index (χ1v) is 5.43. The summed E-state index contributed by atoms with van der Waals surface area (Å²) in [5.74, 6) is -0.766. The van der Waals surface area contributed by atoms with Gasteiger partial charge >= 0.3 is 0 Å². The van der Waals surface area contributed by atoms with Gasteiger partial charge in [-0.15, -0.1) is 0 Å². The number of benzene rings is 1. The predicted molar refractivity (Wildman–Crippen MR) is 55.7 cm³/mol. The van der Waals surface area contributed by atoms with Crippen LogP contribution in [0.1, 0.15) is 0 Å². The van der Waals surface area contributed by atoms with Crippen LogP contribution in [0.25, 0.3) is 10.9 Å². The van der Waals surface area contributed by atoms with Crippen LogP contribution in [0.5, 0.6) is 0 Å². The molecule has 0 fully saturated rings. The highest BCUT2D eigenvalue weighted by Gasteiger charge is 2.10. The zero-order chi connectivity index (χ0) is 11.0. The van der Waals surface area contributed by atoms with Crippen molar-refractivity contribution < 1.29 is 13.2 Å². The lowest BCUT2D eigenvalue weighted by molar-refractivity contribution is 0.545. The van der Waals surface area contributed by atoms with Crippen molar-refractivity contribution in [2.75, 3.05) is 0 Å². The van der Waals surface area contributed by atoms with Crippen molar-refractivity contribution in [3.05, 3.63) is 35.2 Å². The van der Waals surface area contributed by atoms with Gasteiger partial charge in [-0.2, -0.15) is 0 Å². The molecule has 0 bridgehead atoms. The van der Waals surface area contributed by atoms with Crippen molar-refractivity contribution in [1.29, 1.82) is 0 Å². The lowest BCUT2D eigenvalue weighted by Crippen LogP contribution is -1.94. The van der Waals surface area contributed by atoms with Gasteiger partial charge in [0.05, 0.1) is 5.52 Å². The minimum atomic E-state index is -2.34. The molecule has 1 unspecified atom stereocenters. The van der Waals surface area contributed by atoms with E-state index in [1.807, 2.05) is 0 Å². The Labute approximate surface area is 92.2 Å². The molecular formula is C9H5ClFNO2S. The van der Waals surface area contributed by atoms with Crippen molar-refractivity contribution in [3.8, 4) is 0 Å². The van der Waals surface area contributed by atoms with E-state index < -0.39 is 16.9 Å². The van der Waals surface area contributed by atoms with Crippen LogP contribution >= 0.6 is 11.6 Å². The van der Waals surface area contributed by atoms with Crippen LogP contribution in [-0.4, -0.2) is 13.7 Å². The fourth-order valence-corrected chi connectivity index (χ4v) is 1.84. The number of fused-ring (bicyclic) bond motifs is 1. The van der Waals surface area contributed by atoms with Crippen molar-refractivity contribution in [3.63, 3.8) is 0 Å². The number of hydrogen-bond donors (Lipinski definition) is 1. The summed E-state index contributed by atoms with van der Waals surface area (Å²) in [6.07, 6.45) is 0. The molecule has 3 nitrogen and oxygen atoms in total. The highest BCUT2D eigenvalue weighted by molar-refractivity contribution is 7.79. The Bertz CT molecular complexity index is 561. The number of hydrogen-bond acceptors (Lipinski definition) is 2. The third kappa shape index (κ3) is 1.99. The maximum Gasteiger partial charge on any atom is 0.189 e. The van der Waals surface area contributed by atoms with Crippen LogP contribution in [0, 0.1) is 5.82 Å². The monoisotopic (exact) mass is 245 g/mol. The van der Waals surface area contributed by atoms with Gasteiger partial charge < -0.3 is 4.55 Å². The Morgan fingerprint density at radius 1 is 1.40 bits per heavy atom. The Morgan fingerprint density at radius 2 is 2.13 bits per heavy atom. The van der Waals surface area contributed by atoms with E-state index in [2.05, 4.69) is 4.98 Å². The molecule has 0 aliphatic rings. The fraction of sp³-hybridized carbons (Fsp3) is 0. The fourth-order valence-electron chi connectivity index (χ4n) is 1.23.